The molecule has 0 aromatic rings. The Morgan fingerprint density at radius 1 is 0.576 bits per heavy atom. The fourth-order valence-corrected chi connectivity index (χ4v) is 2.77. The van der Waals surface area contributed by atoms with Crippen LogP contribution in [-0.2, 0) is 4.79 Å². The summed E-state index contributed by atoms with van der Waals surface area (Å²) in [6, 6.07) is -1.36. The number of alkyl halides is 17. The molecule has 1 aliphatic carbocycles. The molecule has 0 unspecified atom stereocenters. The third-order valence-electron chi connectivity index (χ3n) is 4.70. The minimum Gasteiger partial charge on any atom is -0.348 e. The molecule has 1 fully saturated rings. The van der Waals surface area contributed by atoms with Crippen molar-refractivity contribution in [3.05, 3.63) is 0 Å². The second-order valence-electron chi connectivity index (χ2n) is 6.97. The minimum atomic E-state index is -8.57. The second kappa shape index (κ2) is 8.10. The van der Waals surface area contributed by atoms with Crippen molar-refractivity contribution in [3.63, 3.8) is 0 Å². The maximum Gasteiger partial charge on any atom is 0.393 e. The zero-order valence-electron chi connectivity index (χ0n) is 15.2. The van der Waals surface area contributed by atoms with E-state index in [1.54, 1.807) is 0 Å². The first-order valence-electron chi connectivity index (χ1n) is 8.27. The highest BCUT2D eigenvalue weighted by atomic mass is 35.5. The summed E-state index contributed by atoms with van der Waals surface area (Å²) >= 11 is 3.41. The van der Waals surface area contributed by atoms with E-state index in [0.29, 0.717) is 0 Å². The number of rotatable bonds is 9. The lowest BCUT2D eigenvalue weighted by atomic mass is 9.89. The van der Waals surface area contributed by atoms with Crippen molar-refractivity contribution < 1.29 is 75.0 Å². The molecule has 1 saturated carbocycles. The van der Waals surface area contributed by atoms with Crippen molar-refractivity contribution in [2.24, 2.45) is 0 Å². The summed E-state index contributed by atoms with van der Waals surface area (Å²) in [6.07, 6.45) is 0.0711. The first kappa shape index (κ1) is 29.7. The number of amides is 1. The predicted molar refractivity (Wildman–Crippen MR) is 75.8 cm³/mol. The summed E-state index contributed by atoms with van der Waals surface area (Å²) in [5, 5.41) is -5.79. The van der Waals surface area contributed by atoms with Gasteiger partial charge < -0.3 is 5.32 Å². The molecule has 1 aliphatic rings. The number of halogens is 17. The van der Waals surface area contributed by atoms with Gasteiger partial charge in [-0.25, -0.2) is 0 Å². The van der Waals surface area contributed by atoms with Crippen LogP contribution in [-0.4, -0.2) is 58.8 Å². The van der Waals surface area contributed by atoms with Gasteiger partial charge in [0.2, 0.25) is 0 Å². The Labute approximate surface area is 177 Å². The number of nitrogens with one attached hydrogen (secondary N) is 1. The fourth-order valence-electron chi connectivity index (χ4n) is 2.65. The van der Waals surface area contributed by atoms with E-state index >= 15 is 0 Å². The van der Waals surface area contributed by atoms with E-state index in [1.807, 2.05) is 0 Å². The van der Waals surface area contributed by atoms with Gasteiger partial charge in [-0.3, -0.25) is 4.79 Å². The van der Waals surface area contributed by atoms with Crippen molar-refractivity contribution in [1.29, 1.82) is 0 Å². The summed E-state index contributed by atoms with van der Waals surface area (Å²) in [4.78, 5) is 11.3. The molecule has 0 aromatic carbocycles. The van der Waals surface area contributed by atoms with Crippen molar-refractivity contribution in [1.82, 2.24) is 5.32 Å². The molecule has 1 amide bonds. The zero-order valence-corrected chi connectivity index (χ0v) is 16.0. The van der Waals surface area contributed by atoms with Gasteiger partial charge in [0.05, 0.1) is 0 Å². The van der Waals surface area contributed by atoms with E-state index in [1.165, 1.54) is 0 Å². The first-order chi connectivity index (χ1) is 14.2. The van der Waals surface area contributed by atoms with Crippen molar-refractivity contribution in [3.8, 4) is 0 Å². The fraction of sp³-hybridized carbons (Fsp3) is 0.929. The second-order valence-corrected chi connectivity index (χ2v) is 7.45. The van der Waals surface area contributed by atoms with Gasteiger partial charge in [0.25, 0.3) is 5.91 Å². The molecule has 0 spiro atoms. The standard InChI is InChI=1S/C14H10ClF16NO/c15-14(30,31)13(28,29)12(26,27)11(24,25)10(22,23)9(20,21)8(18,19)7(16,17)6(33)32-5-3-1-2-4-5/h5H,1-4H2,(H,32,33). The summed E-state index contributed by atoms with van der Waals surface area (Å²) in [7, 11) is 0. The normalized spacial score (nSPS) is 18.6. The highest BCUT2D eigenvalue weighted by Gasteiger charge is 2.95. The average molecular weight is 548 g/mol. The maximum atomic E-state index is 13.7. The number of carbonyl (C=O) groups is 1. The number of hydrogen-bond acceptors (Lipinski definition) is 1. The van der Waals surface area contributed by atoms with E-state index in [0.717, 1.165) is 5.32 Å². The molecule has 2 nitrogen and oxygen atoms in total. The van der Waals surface area contributed by atoms with Crippen LogP contribution in [0.1, 0.15) is 25.7 Å². The van der Waals surface area contributed by atoms with Crippen LogP contribution in [0.4, 0.5) is 70.2 Å². The van der Waals surface area contributed by atoms with Crippen LogP contribution in [0.15, 0.2) is 0 Å². The quantitative estimate of drug-likeness (QED) is 0.266. The zero-order chi connectivity index (χ0) is 26.7. The number of carbonyl (C=O) groups excluding carboxylic acids is 1. The van der Waals surface area contributed by atoms with E-state index in [4.69, 9.17) is 0 Å². The van der Waals surface area contributed by atoms with Crippen molar-refractivity contribution >= 4 is 17.5 Å². The molecule has 1 rings (SSSR count). The Morgan fingerprint density at radius 3 is 1.21 bits per heavy atom. The van der Waals surface area contributed by atoms with E-state index < -0.39 is 58.8 Å². The topological polar surface area (TPSA) is 29.1 Å². The van der Waals surface area contributed by atoms with Gasteiger partial charge in [-0.1, -0.05) is 12.8 Å². The third-order valence-corrected chi connectivity index (χ3v) is 4.93. The summed E-state index contributed by atoms with van der Waals surface area (Å²) < 4.78 is 213. The number of hydrogen-bond donors (Lipinski definition) is 1. The molecule has 0 aromatic heterocycles. The molecule has 0 aliphatic heterocycles. The van der Waals surface area contributed by atoms with Gasteiger partial charge in [0.15, 0.2) is 0 Å². The first-order valence-corrected chi connectivity index (χ1v) is 8.65. The highest BCUT2D eigenvalue weighted by Crippen LogP contribution is 2.64. The predicted octanol–water partition coefficient (Wildman–Crippen LogP) is 6.32. The van der Waals surface area contributed by atoms with Gasteiger partial charge >= 0.3 is 46.8 Å². The summed E-state index contributed by atoms with van der Waals surface area (Å²) in [5.74, 6) is -59.9. The molecule has 33 heavy (non-hydrogen) atoms. The van der Waals surface area contributed by atoms with Crippen molar-refractivity contribution in [2.45, 2.75) is 78.6 Å². The van der Waals surface area contributed by atoms with Crippen LogP contribution in [0.2, 0.25) is 0 Å². The molecule has 0 bridgehead atoms. The Hall–Kier alpha value is -1.36. The van der Waals surface area contributed by atoms with Crippen molar-refractivity contribution in [2.75, 3.05) is 0 Å². The molecular formula is C14H10ClF16NO. The molecular weight excluding hydrogens is 538 g/mol. The van der Waals surface area contributed by atoms with Gasteiger partial charge in [-0.2, -0.15) is 70.2 Å². The molecule has 19 heteroatoms. The van der Waals surface area contributed by atoms with Gasteiger partial charge in [0, 0.05) is 6.04 Å². The van der Waals surface area contributed by atoms with Crippen LogP contribution in [0.3, 0.4) is 0 Å². The molecule has 0 radical (unpaired) electrons. The van der Waals surface area contributed by atoms with E-state index in [2.05, 4.69) is 11.6 Å². The van der Waals surface area contributed by atoms with Crippen LogP contribution in [0.5, 0.6) is 0 Å². The lowest BCUT2D eigenvalue weighted by molar-refractivity contribution is -0.446. The molecule has 0 heterocycles. The van der Waals surface area contributed by atoms with Gasteiger partial charge in [-0.15, -0.1) is 0 Å². The molecule has 0 atom stereocenters. The lowest BCUT2D eigenvalue weighted by Crippen LogP contribution is -2.75. The van der Waals surface area contributed by atoms with E-state index in [9.17, 15) is 75.0 Å². The molecule has 196 valence electrons. The largest absolute Gasteiger partial charge is 0.393 e. The smallest absolute Gasteiger partial charge is 0.348 e. The lowest BCUT2D eigenvalue weighted by Gasteiger charge is -2.42. The minimum absolute atomic E-state index is 0.175. The van der Waals surface area contributed by atoms with Crippen LogP contribution < -0.4 is 5.32 Å². The molecule has 0 saturated heterocycles. The Bertz CT molecular complexity index is 740. The maximum absolute atomic E-state index is 13.7. The van der Waals surface area contributed by atoms with Crippen LogP contribution in [0, 0.1) is 0 Å². The third kappa shape index (κ3) is 4.06. The van der Waals surface area contributed by atoms with Gasteiger partial charge in [-0.05, 0) is 24.4 Å². The SMILES string of the molecule is O=C(NC1CCCC1)C(F)(F)C(F)(F)C(F)(F)C(F)(F)C(F)(F)C(F)(F)C(F)(F)C(F)(F)Cl. The Balaban J connectivity index is 3.51. The highest BCUT2D eigenvalue weighted by molar-refractivity contribution is 6.22. The van der Waals surface area contributed by atoms with E-state index in [-0.39, 0.29) is 25.7 Å². The Morgan fingerprint density at radius 2 is 0.879 bits per heavy atom. The molecule has 1 N–H and O–H groups in total. The van der Waals surface area contributed by atoms with Crippen LogP contribution in [0.25, 0.3) is 0 Å². The van der Waals surface area contributed by atoms with Gasteiger partial charge in [0.1, 0.15) is 0 Å². The van der Waals surface area contributed by atoms with Crippen LogP contribution >= 0.6 is 11.6 Å². The average Bonchev–Trinajstić information content (AvgIpc) is 3.12. The monoisotopic (exact) mass is 547 g/mol. The summed E-state index contributed by atoms with van der Waals surface area (Å²) in [5.41, 5.74) is 0. The summed E-state index contributed by atoms with van der Waals surface area (Å²) in [6.45, 7) is 0. The Kier molecular flexibility index (Phi) is 7.28.